The van der Waals surface area contributed by atoms with Crippen LogP contribution in [0, 0.1) is 0 Å². The second-order valence-corrected chi connectivity index (χ2v) is 4.91. The molecule has 2 rings (SSSR count). The van der Waals surface area contributed by atoms with E-state index in [2.05, 4.69) is 4.98 Å². The van der Waals surface area contributed by atoms with Crippen molar-refractivity contribution in [1.29, 1.82) is 0 Å². The van der Waals surface area contributed by atoms with E-state index in [9.17, 15) is 9.90 Å². The fraction of sp³-hybridized carbons (Fsp3) is 0.600. The summed E-state index contributed by atoms with van der Waals surface area (Å²) < 4.78 is 15.7. The predicted octanol–water partition coefficient (Wildman–Crippen LogP) is 1.70. The molecule has 0 atom stereocenters. The Hall–Kier alpha value is -1.66. The minimum atomic E-state index is -0.997. The quantitative estimate of drug-likeness (QED) is 0.699. The van der Waals surface area contributed by atoms with Gasteiger partial charge in [0.2, 0.25) is 5.88 Å². The molecular formula is C15H21NO5. The van der Waals surface area contributed by atoms with Crippen molar-refractivity contribution < 1.29 is 24.1 Å². The van der Waals surface area contributed by atoms with Crippen molar-refractivity contribution in [2.75, 3.05) is 33.5 Å². The second-order valence-electron chi connectivity index (χ2n) is 4.91. The van der Waals surface area contributed by atoms with Crippen molar-refractivity contribution >= 4 is 5.97 Å². The molecule has 116 valence electrons. The predicted molar refractivity (Wildman–Crippen MR) is 76.0 cm³/mol. The van der Waals surface area contributed by atoms with Gasteiger partial charge in [-0.05, 0) is 30.9 Å². The molecule has 6 heteroatoms. The van der Waals surface area contributed by atoms with Gasteiger partial charge in [0.05, 0.1) is 19.8 Å². The summed E-state index contributed by atoms with van der Waals surface area (Å²) in [6, 6.07) is 1.70. The zero-order valence-corrected chi connectivity index (χ0v) is 12.3. The van der Waals surface area contributed by atoms with E-state index in [1.807, 2.05) is 0 Å². The Bertz CT molecular complexity index is 489. The molecular weight excluding hydrogens is 274 g/mol. The van der Waals surface area contributed by atoms with Crippen LogP contribution in [-0.2, 0) is 22.3 Å². The minimum absolute atomic E-state index is 0.149. The zero-order chi connectivity index (χ0) is 15.1. The van der Waals surface area contributed by atoms with Crippen LogP contribution in [0.5, 0.6) is 5.88 Å². The number of hydrogen-bond acceptors (Lipinski definition) is 5. The maximum absolute atomic E-state index is 11.3. The van der Waals surface area contributed by atoms with Crippen molar-refractivity contribution in [3.8, 4) is 5.88 Å². The number of aromatic nitrogens is 1. The summed E-state index contributed by atoms with van der Waals surface area (Å²) in [4.78, 5) is 15.6. The van der Waals surface area contributed by atoms with Gasteiger partial charge >= 0.3 is 5.97 Å². The SMILES string of the molecule is COCCOCCCOc1nc2c(cc1C(=O)O)CCC2. The number of methoxy groups -OCH3 is 1. The number of aryl methyl sites for hydroxylation is 2. The van der Waals surface area contributed by atoms with Crippen LogP contribution in [0.2, 0.25) is 0 Å². The third-order valence-corrected chi connectivity index (χ3v) is 3.35. The van der Waals surface area contributed by atoms with Gasteiger partial charge in [0.1, 0.15) is 5.56 Å². The molecule has 0 saturated heterocycles. The molecule has 1 aliphatic carbocycles. The van der Waals surface area contributed by atoms with Gasteiger partial charge in [-0.3, -0.25) is 0 Å². The van der Waals surface area contributed by atoms with Crippen LogP contribution in [0.15, 0.2) is 6.07 Å². The topological polar surface area (TPSA) is 77.9 Å². The summed E-state index contributed by atoms with van der Waals surface area (Å²) in [5, 5.41) is 9.24. The van der Waals surface area contributed by atoms with E-state index in [-0.39, 0.29) is 11.4 Å². The summed E-state index contributed by atoms with van der Waals surface area (Å²) in [6.45, 7) is 2.06. The lowest BCUT2D eigenvalue weighted by atomic mass is 10.1. The van der Waals surface area contributed by atoms with Gasteiger partial charge in [0, 0.05) is 25.8 Å². The van der Waals surface area contributed by atoms with Crippen molar-refractivity contribution in [2.45, 2.75) is 25.7 Å². The van der Waals surface area contributed by atoms with Crippen molar-refractivity contribution in [2.24, 2.45) is 0 Å². The number of nitrogens with zero attached hydrogens (tertiary/aromatic N) is 1. The lowest BCUT2D eigenvalue weighted by molar-refractivity contribution is 0.0634. The highest BCUT2D eigenvalue weighted by Gasteiger charge is 2.20. The molecule has 0 bridgehead atoms. The monoisotopic (exact) mass is 295 g/mol. The molecule has 0 saturated carbocycles. The van der Waals surface area contributed by atoms with E-state index in [1.54, 1.807) is 13.2 Å². The highest BCUT2D eigenvalue weighted by atomic mass is 16.5. The lowest BCUT2D eigenvalue weighted by Gasteiger charge is -2.10. The Balaban J connectivity index is 1.86. The average molecular weight is 295 g/mol. The molecule has 6 nitrogen and oxygen atoms in total. The van der Waals surface area contributed by atoms with Crippen LogP contribution in [-0.4, -0.2) is 49.6 Å². The van der Waals surface area contributed by atoms with Crippen molar-refractivity contribution in [3.63, 3.8) is 0 Å². The van der Waals surface area contributed by atoms with Crippen LogP contribution in [0.4, 0.5) is 0 Å². The van der Waals surface area contributed by atoms with E-state index in [4.69, 9.17) is 14.2 Å². The highest BCUT2D eigenvalue weighted by molar-refractivity contribution is 5.90. The second kappa shape index (κ2) is 7.95. The van der Waals surface area contributed by atoms with Gasteiger partial charge in [-0.15, -0.1) is 0 Å². The first kappa shape index (κ1) is 15.7. The molecule has 1 aliphatic rings. The average Bonchev–Trinajstić information content (AvgIpc) is 2.92. The first-order chi connectivity index (χ1) is 10.2. The van der Waals surface area contributed by atoms with Crippen LogP contribution in [0.3, 0.4) is 0 Å². The summed E-state index contributed by atoms with van der Waals surface area (Å²) in [7, 11) is 1.62. The Morgan fingerprint density at radius 3 is 2.90 bits per heavy atom. The van der Waals surface area contributed by atoms with Gasteiger partial charge in [-0.2, -0.15) is 0 Å². The third kappa shape index (κ3) is 4.41. The normalized spacial score (nSPS) is 13.2. The molecule has 1 aromatic heterocycles. The molecule has 0 radical (unpaired) electrons. The number of pyridine rings is 1. The van der Waals surface area contributed by atoms with Gasteiger partial charge < -0.3 is 19.3 Å². The molecule has 0 amide bonds. The zero-order valence-electron chi connectivity index (χ0n) is 12.3. The third-order valence-electron chi connectivity index (χ3n) is 3.35. The van der Waals surface area contributed by atoms with E-state index in [0.717, 1.165) is 30.5 Å². The standard InChI is InChI=1S/C15H21NO5/c1-19-8-9-20-6-3-7-21-14-12(15(17)18)10-11-4-2-5-13(11)16-14/h10H,2-9H2,1H3,(H,17,18). The number of carboxylic acid groups (broad SMARTS) is 1. The van der Waals surface area contributed by atoms with E-state index in [0.29, 0.717) is 32.8 Å². The Morgan fingerprint density at radius 2 is 2.14 bits per heavy atom. The first-order valence-corrected chi connectivity index (χ1v) is 7.18. The molecule has 0 spiro atoms. The van der Waals surface area contributed by atoms with E-state index in [1.165, 1.54) is 0 Å². The molecule has 0 aliphatic heterocycles. The number of rotatable bonds is 9. The summed E-state index contributed by atoms with van der Waals surface area (Å²) >= 11 is 0. The van der Waals surface area contributed by atoms with Crippen LogP contribution < -0.4 is 4.74 Å². The van der Waals surface area contributed by atoms with Crippen molar-refractivity contribution in [1.82, 2.24) is 4.98 Å². The molecule has 1 N–H and O–H groups in total. The van der Waals surface area contributed by atoms with Crippen LogP contribution in [0.1, 0.15) is 34.5 Å². The van der Waals surface area contributed by atoms with Gasteiger partial charge in [-0.1, -0.05) is 0 Å². The maximum Gasteiger partial charge on any atom is 0.341 e. The molecule has 0 fully saturated rings. The first-order valence-electron chi connectivity index (χ1n) is 7.18. The van der Waals surface area contributed by atoms with Crippen LogP contribution in [0.25, 0.3) is 0 Å². The van der Waals surface area contributed by atoms with E-state index < -0.39 is 5.97 Å². The fourth-order valence-electron chi connectivity index (χ4n) is 2.29. The lowest BCUT2D eigenvalue weighted by Crippen LogP contribution is -2.11. The number of carboxylic acids is 1. The highest BCUT2D eigenvalue weighted by Crippen LogP contribution is 2.26. The molecule has 1 heterocycles. The number of aromatic carboxylic acids is 1. The number of hydrogen-bond donors (Lipinski definition) is 1. The minimum Gasteiger partial charge on any atom is -0.477 e. The number of fused-ring (bicyclic) bond motifs is 1. The maximum atomic E-state index is 11.3. The molecule has 21 heavy (non-hydrogen) atoms. The summed E-state index contributed by atoms with van der Waals surface area (Å²) in [5.41, 5.74) is 2.14. The Morgan fingerprint density at radius 1 is 1.29 bits per heavy atom. The largest absolute Gasteiger partial charge is 0.477 e. The smallest absolute Gasteiger partial charge is 0.341 e. The van der Waals surface area contributed by atoms with Crippen molar-refractivity contribution in [3.05, 3.63) is 22.9 Å². The summed E-state index contributed by atoms with van der Waals surface area (Å²) in [6.07, 6.45) is 3.50. The van der Waals surface area contributed by atoms with E-state index >= 15 is 0 Å². The number of ether oxygens (including phenoxy) is 3. The fourth-order valence-corrected chi connectivity index (χ4v) is 2.29. The van der Waals surface area contributed by atoms with Gasteiger partial charge in [0.15, 0.2) is 0 Å². The molecule has 0 unspecified atom stereocenters. The molecule has 1 aromatic rings. The Kier molecular flexibility index (Phi) is 5.95. The van der Waals surface area contributed by atoms with Gasteiger partial charge in [0.25, 0.3) is 0 Å². The Labute approximate surface area is 124 Å². The van der Waals surface area contributed by atoms with Crippen LogP contribution >= 0.6 is 0 Å². The van der Waals surface area contributed by atoms with Gasteiger partial charge in [-0.25, -0.2) is 9.78 Å². The molecule has 0 aromatic carbocycles. The number of carbonyl (C=O) groups is 1. The summed E-state index contributed by atoms with van der Waals surface area (Å²) in [5.74, 6) is -0.774.